The smallest absolute Gasteiger partial charge is 0.338 e. The predicted octanol–water partition coefficient (Wildman–Crippen LogP) is 1.57. The molecular weight excluding hydrogens is 224 g/mol. The molecule has 90 valence electrons. The van der Waals surface area contributed by atoms with E-state index >= 15 is 0 Å². The molecule has 0 unspecified atom stereocenters. The number of nitro groups is 1. The number of esters is 1. The molecule has 0 amide bonds. The summed E-state index contributed by atoms with van der Waals surface area (Å²) in [6.07, 6.45) is 3.12. The Morgan fingerprint density at radius 2 is 2.24 bits per heavy atom. The minimum absolute atomic E-state index is 0.139. The number of carbonyl (C=O) groups is 1. The number of hydrogen-bond donors (Lipinski definition) is 1. The lowest BCUT2D eigenvalue weighted by molar-refractivity contribution is -0.385. The van der Waals surface area contributed by atoms with E-state index in [1.165, 1.54) is 25.3 Å². The van der Waals surface area contributed by atoms with Crippen molar-refractivity contribution in [1.29, 1.82) is 0 Å². The fraction of sp³-hybridized carbons (Fsp3) is 0.182. The maximum atomic E-state index is 11.2. The van der Waals surface area contributed by atoms with Crippen molar-refractivity contribution in [2.75, 3.05) is 14.2 Å². The highest BCUT2D eigenvalue weighted by Gasteiger charge is 2.16. The lowest BCUT2D eigenvalue weighted by Crippen LogP contribution is -2.03. The Hall–Kier alpha value is -2.37. The Morgan fingerprint density at radius 3 is 2.76 bits per heavy atom. The van der Waals surface area contributed by atoms with Crippen molar-refractivity contribution < 1.29 is 14.5 Å². The first-order chi connectivity index (χ1) is 8.10. The molecule has 0 bridgehead atoms. The van der Waals surface area contributed by atoms with E-state index in [2.05, 4.69) is 10.1 Å². The first-order valence-electron chi connectivity index (χ1n) is 4.80. The molecule has 0 atom stereocenters. The standard InChI is InChI=1S/C11H12N2O4/c1-12-6-5-8-3-4-9(11(14)17-2)7-10(8)13(15)16/h3-7,12H,1-2H3/b6-5+. The van der Waals surface area contributed by atoms with Crippen molar-refractivity contribution in [3.8, 4) is 0 Å². The largest absolute Gasteiger partial charge is 0.465 e. The highest BCUT2D eigenvalue weighted by atomic mass is 16.6. The van der Waals surface area contributed by atoms with Crippen LogP contribution in [0.15, 0.2) is 24.4 Å². The maximum absolute atomic E-state index is 11.2. The minimum Gasteiger partial charge on any atom is -0.465 e. The average molecular weight is 236 g/mol. The van der Waals surface area contributed by atoms with Crippen molar-refractivity contribution in [2.45, 2.75) is 0 Å². The van der Waals surface area contributed by atoms with E-state index in [4.69, 9.17) is 0 Å². The summed E-state index contributed by atoms with van der Waals surface area (Å²) in [5, 5.41) is 13.6. The van der Waals surface area contributed by atoms with Gasteiger partial charge in [0.05, 0.1) is 23.2 Å². The summed E-state index contributed by atoms with van der Waals surface area (Å²) in [4.78, 5) is 21.5. The number of hydrogen-bond acceptors (Lipinski definition) is 5. The minimum atomic E-state index is -0.600. The topological polar surface area (TPSA) is 81.5 Å². The second-order valence-corrected chi connectivity index (χ2v) is 3.14. The zero-order valence-corrected chi connectivity index (χ0v) is 9.47. The third kappa shape index (κ3) is 3.04. The number of rotatable bonds is 4. The van der Waals surface area contributed by atoms with Crippen LogP contribution in [0.25, 0.3) is 6.08 Å². The van der Waals surface area contributed by atoms with Crippen LogP contribution in [0.2, 0.25) is 0 Å². The molecule has 0 saturated heterocycles. The molecule has 17 heavy (non-hydrogen) atoms. The molecular formula is C11H12N2O4. The van der Waals surface area contributed by atoms with E-state index in [0.29, 0.717) is 5.56 Å². The van der Waals surface area contributed by atoms with Crippen LogP contribution < -0.4 is 5.32 Å². The van der Waals surface area contributed by atoms with Gasteiger partial charge in [0.25, 0.3) is 5.69 Å². The van der Waals surface area contributed by atoms with E-state index in [0.717, 1.165) is 0 Å². The van der Waals surface area contributed by atoms with Gasteiger partial charge in [0, 0.05) is 13.1 Å². The van der Waals surface area contributed by atoms with Crippen LogP contribution in [-0.4, -0.2) is 25.1 Å². The molecule has 1 aromatic rings. The third-order valence-electron chi connectivity index (χ3n) is 2.08. The van der Waals surface area contributed by atoms with Crippen molar-refractivity contribution in [2.24, 2.45) is 0 Å². The number of carbonyl (C=O) groups excluding carboxylic acids is 1. The van der Waals surface area contributed by atoms with E-state index < -0.39 is 10.9 Å². The molecule has 0 saturated carbocycles. The van der Waals surface area contributed by atoms with Crippen LogP contribution in [-0.2, 0) is 4.74 Å². The van der Waals surface area contributed by atoms with E-state index in [1.54, 1.807) is 19.3 Å². The van der Waals surface area contributed by atoms with Gasteiger partial charge in [0.15, 0.2) is 0 Å². The third-order valence-corrected chi connectivity index (χ3v) is 2.08. The van der Waals surface area contributed by atoms with Gasteiger partial charge in [-0.2, -0.15) is 0 Å². The highest BCUT2D eigenvalue weighted by molar-refractivity contribution is 5.90. The van der Waals surface area contributed by atoms with E-state index in [1.807, 2.05) is 0 Å². The second-order valence-electron chi connectivity index (χ2n) is 3.14. The highest BCUT2D eigenvalue weighted by Crippen LogP contribution is 2.22. The molecule has 1 aromatic carbocycles. The van der Waals surface area contributed by atoms with E-state index in [-0.39, 0.29) is 11.3 Å². The Labute approximate surface area is 98.0 Å². The summed E-state index contributed by atoms with van der Waals surface area (Å²) in [5.74, 6) is -0.600. The summed E-state index contributed by atoms with van der Waals surface area (Å²) in [5.41, 5.74) is 0.428. The molecule has 0 fully saturated rings. The molecule has 0 heterocycles. The molecule has 0 aliphatic heterocycles. The Bertz CT molecular complexity index is 469. The number of methoxy groups -OCH3 is 1. The number of nitrogens with one attached hydrogen (secondary N) is 1. The van der Waals surface area contributed by atoms with Crippen molar-refractivity contribution >= 4 is 17.7 Å². The number of nitro benzene ring substituents is 1. The first-order valence-corrected chi connectivity index (χ1v) is 4.80. The molecule has 0 aromatic heterocycles. The van der Waals surface area contributed by atoms with Gasteiger partial charge in [-0.25, -0.2) is 4.79 Å². The van der Waals surface area contributed by atoms with Gasteiger partial charge < -0.3 is 10.1 Å². The molecule has 1 rings (SSSR count). The summed E-state index contributed by atoms with van der Waals surface area (Å²) in [6, 6.07) is 4.17. The number of benzene rings is 1. The van der Waals surface area contributed by atoms with Gasteiger partial charge >= 0.3 is 5.97 Å². The van der Waals surface area contributed by atoms with Gasteiger partial charge in [-0.15, -0.1) is 0 Å². The monoisotopic (exact) mass is 236 g/mol. The van der Waals surface area contributed by atoms with E-state index in [9.17, 15) is 14.9 Å². The van der Waals surface area contributed by atoms with Crippen LogP contribution in [0.4, 0.5) is 5.69 Å². The van der Waals surface area contributed by atoms with Crippen LogP contribution in [0, 0.1) is 10.1 Å². The number of ether oxygens (including phenoxy) is 1. The van der Waals surface area contributed by atoms with Crippen LogP contribution in [0.3, 0.4) is 0 Å². The van der Waals surface area contributed by atoms with Crippen LogP contribution in [0.1, 0.15) is 15.9 Å². The van der Waals surface area contributed by atoms with Crippen molar-refractivity contribution in [1.82, 2.24) is 5.32 Å². The van der Waals surface area contributed by atoms with Gasteiger partial charge in [-0.05, 0) is 24.4 Å². The van der Waals surface area contributed by atoms with Gasteiger partial charge in [0.1, 0.15) is 0 Å². The second kappa shape index (κ2) is 5.64. The normalized spacial score (nSPS) is 10.2. The number of nitrogens with zero attached hydrogens (tertiary/aromatic N) is 1. The Balaban J connectivity index is 3.22. The fourth-order valence-corrected chi connectivity index (χ4v) is 1.26. The zero-order chi connectivity index (χ0) is 12.8. The summed E-state index contributed by atoms with van der Waals surface area (Å²) < 4.78 is 4.50. The van der Waals surface area contributed by atoms with Crippen molar-refractivity contribution in [3.05, 3.63) is 45.6 Å². The average Bonchev–Trinajstić information content (AvgIpc) is 2.35. The Morgan fingerprint density at radius 1 is 1.53 bits per heavy atom. The van der Waals surface area contributed by atoms with Crippen molar-refractivity contribution in [3.63, 3.8) is 0 Å². The molecule has 0 aliphatic rings. The quantitative estimate of drug-likeness (QED) is 0.487. The maximum Gasteiger partial charge on any atom is 0.338 e. The Kier molecular flexibility index (Phi) is 4.21. The first kappa shape index (κ1) is 12.7. The molecule has 6 heteroatoms. The summed E-state index contributed by atoms with van der Waals surface area (Å²) in [7, 11) is 2.91. The lowest BCUT2D eigenvalue weighted by atomic mass is 10.1. The molecule has 0 radical (unpaired) electrons. The van der Waals surface area contributed by atoms with Crippen LogP contribution in [0.5, 0.6) is 0 Å². The van der Waals surface area contributed by atoms with Gasteiger partial charge in [-0.1, -0.05) is 0 Å². The molecule has 6 nitrogen and oxygen atoms in total. The predicted molar refractivity (Wildman–Crippen MR) is 62.5 cm³/mol. The van der Waals surface area contributed by atoms with Gasteiger partial charge in [0.2, 0.25) is 0 Å². The fourth-order valence-electron chi connectivity index (χ4n) is 1.26. The molecule has 0 aliphatic carbocycles. The van der Waals surface area contributed by atoms with Gasteiger partial charge in [-0.3, -0.25) is 10.1 Å². The zero-order valence-electron chi connectivity index (χ0n) is 9.47. The van der Waals surface area contributed by atoms with Crippen LogP contribution >= 0.6 is 0 Å². The molecule has 0 spiro atoms. The summed E-state index contributed by atoms with van der Waals surface area (Å²) >= 11 is 0. The SMILES string of the molecule is CN/C=C/c1ccc(C(=O)OC)cc1[N+](=O)[O-]. The lowest BCUT2D eigenvalue weighted by Gasteiger charge is -2.01. The summed E-state index contributed by atoms with van der Waals surface area (Å²) in [6.45, 7) is 0. The molecule has 1 N–H and O–H groups in total.